The first-order valence-electron chi connectivity index (χ1n) is 11.4. The predicted molar refractivity (Wildman–Crippen MR) is 114 cm³/mol. The number of halogens is 1. The molecule has 1 aliphatic heterocycles. The molecule has 1 rings (SSSR count). The highest BCUT2D eigenvalue weighted by molar-refractivity contribution is 5.77. The van der Waals surface area contributed by atoms with Crippen LogP contribution < -0.4 is 12.4 Å². The monoisotopic (exact) mass is 416 g/mol. The van der Waals surface area contributed by atoms with Gasteiger partial charge in [-0.15, -0.1) is 0 Å². The molecular weight excluding hydrogens is 372 g/mol. The van der Waals surface area contributed by atoms with Gasteiger partial charge in [0.25, 0.3) is 0 Å². The molecule has 1 fully saturated rings. The van der Waals surface area contributed by atoms with Gasteiger partial charge in [-0.3, -0.25) is 9.69 Å². The molecule has 0 atom stereocenters. The third kappa shape index (κ3) is 14.3. The number of carbonyl (C=O) groups excluding carboxylic acids is 1. The van der Waals surface area contributed by atoms with Crippen molar-refractivity contribution in [2.24, 2.45) is 0 Å². The normalized spacial score (nSPS) is 14.7. The van der Waals surface area contributed by atoms with Crippen LogP contribution >= 0.6 is 0 Å². The van der Waals surface area contributed by atoms with Gasteiger partial charge < -0.3 is 21.6 Å². The van der Waals surface area contributed by atoms with Crippen LogP contribution in [0.1, 0.15) is 90.4 Å². The van der Waals surface area contributed by atoms with Crippen molar-refractivity contribution in [3.8, 4) is 0 Å². The Labute approximate surface area is 180 Å². The third-order valence-electron chi connectivity index (χ3n) is 5.42. The second-order valence-corrected chi connectivity index (χ2v) is 8.77. The van der Waals surface area contributed by atoms with E-state index in [1.54, 1.807) is 0 Å². The molecule has 0 aromatic carbocycles. The van der Waals surface area contributed by atoms with Crippen LogP contribution in [0.4, 0.5) is 0 Å². The Morgan fingerprint density at radius 2 is 1.68 bits per heavy atom. The number of rotatable bonds is 17. The second-order valence-electron chi connectivity index (χ2n) is 8.77. The minimum Gasteiger partial charge on any atom is -1.00 e. The predicted octanol–water partition coefficient (Wildman–Crippen LogP) is 2.49. The van der Waals surface area contributed by atoms with Crippen LogP contribution in [0.5, 0.6) is 0 Å². The average molecular weight is 417 g/mol. The van der Waals surface area contributed by atoms with E-state index < -0.39 is 0 Å². The molecular formula is C23H45ClN2O2. The number of allylic oxidation sites excluding steroid dienone is 1. The SMILES string of the molecule is CCCCCCCCCCC=COCCCC[N+](C)(C)CN1CCCC1=O.[Cl-]. The van der Waals surface area contributed by atoms with Gasteiger partial charge in [-0.25, -0.2) is 0 Å². The molecule has 0 aromatic heterocycles. The fourth-order valence-corrected chi connectivity index (χ4v) is 3.71. The zero-order valence-electron chi connectivity index (χ0n) is 18.8. The van der Waals surface area contributed by atoms with Crippen molar-refractivity contribution in [2.75, 3.05) is 40.5 Å². The lowest BCUT2D eigenvalue weighted by Gasteiger charge is -2.33. The summed E-state index contributed by atoms with van der Waals surface area (Å²) in [5.74, 6) is 0.325. The first-order chi connectivity index (χ1) is 13.0. The summed E-state index contributed by atoms with van der Waals surface area (Å²) in [7, 11) is 4.44. The Bertz CT molecular complexity index is 413. The number of hydrogen-bond acceptors (Lipinski definition) is 2. The van der Waals surface area contributed by atoms with E-state index >= 15 is 0 Å². The summed E-state index contributed by atoms with van der Waals surface area (Å²) in [5.41, 5.74) is 0. The van der Waals surface area contributed by atoms with Crippen LogP contribution in [-0.4, -0.2) is 55.8 Å². The molecule has 1 saturated heterocycles. The fraction of sp³-hybridized carbons (Fsp3) is 0.870. The van der Waals surface area contributed by atoms with Crippen molar-refractivity contribution in [2.45, 2.75) is 90.4 Å². The zero-order valence-corrected chi connectivity index (χ0v) is 19.5. The number of carbonyl (C=O) groups is 1. The van der Waals surface area contributed by atoms with Crippen LogP contribution in [-0.2, 0) is 9.53 Å². The summed E-state index contributed by atoms with van der Waals surface area (Å²) >= 11 is 0. The molecule has 0 unspecified atom stereocenters. The largest absolute Gasteiger partial charge is 1.00 e. The maximum absolute atomic E-state index is 11.8. The maximum Gasteiger partial charge on any atom is 0.226 e. The Hall–Kier alpha value is -0.740. The van der Waals surface area contributed by atoms with Crippen molar-refractivity contribution < 1.29 is 26.4 Å². The quantitative estimate of drug-likeness (QED) is 0.207. The van der Waals surface area contributed by atoms with Gasteiger partial charge in [-0.1, -0.05) is 51.9 Å². The van der Waals surface area contributed by atoms with E-state index in [-0.39, 0.29) is 12.4 Å². The van der Waals surface area contributed by atoms with E-state index in [2.05, 4.69) is 27.1 Å². The number of ether oxygens (including phenoxy) is 1. The van der Waals surface area contributed by atoms with E-state index in [1.807, 2.05) is 11.2 Å². The first kappa shape index (κ1) is 27.3. The molecule has 5 heteroatoms. The molecule has 28 heavy (non-hydrogen) atoms. The molecule has 0 spiro atoms. The first-order valence-corrected chi connectivity index (χ1v) is 11.4. The molecule has 4 nitrogen and oxygen atoms in total. The number of hydrogen-bond donors (Lipinski definition) is 0. The van der Waals surface area contributed by atoms with E-state index in [9.17, 15) is 4.79 Å². The molecule has 0 saturated carbocycles. The van der Waals surface area contributed by atoms with Crippen molar-refractivity contribution in [3.05, 3.63) is 12.3 Å². The lowest BCUT2D eigenvalue weighted by Crippen LogP contribution is -3.00. The average Bonchev–Trinajstić information content (AvgIpc) is 3.02. The van der Waals surface area contributed by atoms with Gasteiger partial charge >= 0.3 is 0 Å². The van der Waals surface area contributed by atoms with Gasteiger partial charge in [0.1, 0.15) is 0 Å². The summed E-state index contributed by atoms with van der Waals surface area (Å²) in [6, 6.07) is 0. The highest BCUT2D eigenvalue weighted by Crippen LogP contribution is 2.13. The molecule has 1 amide bonds. The van der Waals surface area contributed by atoms with Crippen LogP contribution in [0.25, 0.3) is 0 Å². The highest BCUT2D eigenvalue weighted by Gasteiger charge is 2.26. The summed E-state index contributed by atoms with van der Waals surface area (Å²) in [6.07, 6.45) is 20.2. The van der Waals surface area contributed by atoms with Crippen LogP contribution in [0.2, 0.25) is 0 Å². The third-order valence-corrected chi connectivity index (χ3v) is 5.42. The minimum absolute atomic E-state index is 0. The summed E-state index contributed by atoms with van der Waals surface area (Å²) < 4.78 is 6.51. The molecule has 166 valence electrons. The number of nitrogens with zero attached hydrogens (tertiary/aromatic N) is 2. The number of amides is 1. The second kappa shape index (κ2) is 17.1. The summed E-state index contributed by atoms with van der Waals surface area (Å²) in [6.45, 7) is 5.95. The van der Waals surface area contributed by atoms with Crippen molar-refractivity contribution in [1.82, 2.24) is 4.90 Å². The van der Waals surface area contributed by atoms with Crippen molar-refractivity contribution in [3.63, 3.8) is 0 Å². The van der Waals surface area contributed by atoms with Gasteiger partial charge in [0.2, 0.25) is 5.91 Å². The molecule has 0 radical (unpaired) electrons. The smallest absolute Gasteiger partial charge is 0.226 e. The molecule has 1 aliphatic rings. The van der Waals surface area contributed by atoms with E-state index in [4.69, 9.17) is 4.74 Å². The maximum atomic E-state index is 11.8. The van der Waals surface area contributed by atoms with Gasteiger partial charge in [-0.2, -0.15) is 0 Å². The molecule has 0 aliphatic carbocycles. The summed E-state index contributed by atoms with van der Waals surface area (Å²) in [5, 5.41) is 0. The number of unbranched alkanes of at least 4 members (excludes halogenated alkanes) is 9. The molecule has 0 aromatic rings. The Balaban J connectivity index is 0.00000729. The number of quaternary nitrogens is 1. The molecule has 0 bridgehead atoms. The minimum atomic E-state index is 0. The standard InChI is InChI=1S/C23H45N2O2.ClH/c1-4-5-6-7-8-9-10-11-12-14-20-27-21-15-13-19-25(2,3)22-24-18-16-17-23(24)26;/h14,20H,4-13,15-19,21-22H2,1-3H3;1H/q+1;/p-1. The van der Waals surface area contributed by atoms with E-state index in [0.29, 0.717) is 5.91 Å². The lowest BCUT2D eigenvalue weighted by atomic mass is 10.1. The van der Waals surface area contributed by atoms with Gasteiger partial charge in [0, 0.05) is 13.0 Å². The van der Waals surface area contributed by atoms with E-state index in [0.717, 1.165) is 63.0 Å². The fourth-order valence-electron chi connectivity index (χ4n) is 3.71. The lowest BCUT2D eigenvalue weighted by molar-refractivity contribution is -0.899. The Kier molecular flexibility index (Phi) is 16.7. The summed E-state index contributed by atoms with van der Waals surface area (Å²) in [4.78, 5) is 13.8. The molecule has 0 N–H and O–H groups in total. The van der Waals surface area contributed by atoms with Crippen LogP contribution in [0, 0.1) is 0 Å². The van der Waals surface area contributed by atoms with E-state index in [1.165, 1.54) is 51.4 Å². The highest BCUT2D eigenvalue weighted by atomic mass is 35.5. The molecule has 1 heterocycles. The van der Waals surface area contributed by atoms with Crippen molar-refractivity contribution in [1.29, 1.82) is 0 Å². The van der Waals surface area contributed by atoms with Crippen LogP contribution in [0.3, 0.4) is 0 Å². The van der Waals surface area contributed by atoms with Gasteiger partial charge in [-0.05, 0) is 38.2 Å². The number of likely N-dealkylation sites (tertiary alicyclic amines) is 1. The van der Waals surface area contributed by atoms with Gasteiger partial charge in [0.05, 0.1) is 33.5 Å². The van der Waals surface area contributed by atoms with Gasteiger partial charge in [0.15, 0.2) is 6.67 Å². The Morgan fingerprint density at radius 3 is 2.32 bits per heavy atom. The Morgan fingerprint density at radius 1 is 1.00 bits per heavy atom. The van der Waals surface area contributed by atoms with Crippen molar-refractivity contribution >= 4 is 5.91 Å². The zero-order chi connectivity index (χ0) is 19.8. The van der Waals surface area contributed by atoms with Crippen LogP contribution in [0.15, 0.2) is 12.3 Å². The topological polar surface area (TPSA) is 29.5 Å².